The number of aromatic nitrogens is 2. The first kappa shape index (κ1) is 19.3. The molecule has 4 nitrogen and oxygen atoms in total. The molecule has 2 unspecified atom stereocenters. The van der Waals surface area contributed by atoms with E-state index < -0.39 is 0 Å². The predicted molar refractivity (Wildman–Crippen MR) is 137 cm³/mol. The van der Waals surface area contributed by atoms with Crippen LogP contribution < -0.4 is 0 Å². The second-order valence-electron chi connectivity index (χ2n) is 9.02. The van der Waals surface area contributed by atoms with Crippen LogP contribution in [0.15, 0.2) is 112 Å². The molecular formula is C30H22N4. The van der Waals surface area contributed by atoms with E-state index in [0.29, 0.717) is 0 Å². The average Bonchev–Trinajstić information content (AvgIpc) is 2.92. The smallest absolute Gasteiger partial charge is 0.102 e. The van der Waals surface area contributed by atoms with Gasteiger partial charge in [-0.1, -0.05) is 54.6 Å². The number of rotatable bonds is 2. The minimum atomic E-state index is 0.0225. The largest absolute Gasteiger partial charge is 0.282 e. The molecule has 3 aromatic rings. The van der Waals surface area contributed by atoms with Crippen molar-refractivity contribution in [1.82, 2.24) is 9.97 Å². The third kappa shape index (κ3) is 3.14. The Morgan fingerprint density at radius 3 is 2.53 bits per heavy atom. The topological polar surface area (TPSA) is 50.5 Å². The van der Waals surface area contributed by atoms with Crippen LogP contribution in [0.1, 0.15) is 16.7 Å². The number of allylic oxidation sites excluding steroid dienone is 4. The summed E-state index contributed by atoms with van der Waals surface area (Å²) in [5.74, 6) is 0. The van der Waals surface area contributed by atoms with Gasteiger partial charge in [0.2, 0.25) is 0 Å². The molecule has 34 heavy (non-hydrogen) atoms. The lowest BCUT2D eigenvalue weighted by molar-refractivity contribution is 0.659. The predicted octanol–water partition coefficient (Wildman–Crippen LogP) is 5.51. The highest BCUT2D eigenvalue weighted by Gasteiger charge is 2.30. The van der Waals surface area contributed by atoms with Gasteiger partial charge in [0.1, 0.15) is 12.1 Å². The van der Waals surface area contributed by atoms with Gasteiger partial charge in [-0.05, 0) is 65.5 Å². The van der Waals surface area contributed by atoms with Crippen molar-refractivity contribution in [2.24, 2.45) is 9.98 Å². The summed E-state index contributed by atoms with van der Waals surface area (Å²) in [6.45, 7) is 0. The Kier molecular flexibility index (Phi) is 4.37. The molecule has 1 aromatic carbocycles. The molecule has 0 fully saturated rings. The Morgan fingerprint density at radius 2 is 1.59 bits per heavy atom. The number of hydrogen-bond donors (Lipinski definition) is 0. The summed E-state index contributed by atoms with van der Waals surface area (Å²) in [6, 6.07) is 17.1. The van der Waals surface area contributed by atoms with Gasteiger partial charge in [0, 0.05) is 23.5 Å². The second-order valence-corrected chi connectivity index (χ2v) is 9.02. The SMILES string of the molecule is C1=CC2=CC=C3C=CC(c4cccc(-c5ccc6c(n5)-c5ncccc5CC6)c4)=NC3C2N=C1. The van der Waals surface area contributed by atoms with Gasteiger partial charge in [-0.25, -0.2) is 4.98 Å². The van der Waals surface area contributed by atoms with E-state index in [9.17, 15) is 0 Å². The number of nitrogens with zero attached hydrogens (tertiary/aromatic N) is 4. The molecule has 2 aromatic heterocycles. The van der Waals surface area contributed by atoms with Crippen molar-refractivity contribution in [2.75, 3.05) is 0 Å². The third-order valence-electron chi connectivity index (χ3n) is 7.00. The highest BCUT2D eigenvalue weighted by molar-refractivity contribution is 6.10. The molecule has 2 aliphatic carbocycles. The van der Waals surface area contributed by atoms with E-state index in [0.717, 1.165) is 46.8 Å². The van der Waals surface area contributed by atoms with Crippen LogP contribution in [0.5, 0.6) is 0 Å². The summed E-state index contributed by atoms with van der Waals surface area (Å²) < 4.78 is 0. The Balaban J connectivity index is 1.25. The van der Waals surface area contributed by atoms with Gasteiger partial charge in [0.15, 0.2) is 0 Å². The van der Waals surface area contributed by atoms with E-state index in [1.165, 1.54) is 22.3 Å². The summed E-state index contributed by atoms with van der Waals surface area (Å²) in [7, 11) is 0. The normalized spacial score (nSPS) is 21.5. The molecule has 7 rings (SSSR count). The summed E-state index contributed by atoms with van der Waals surface area (Å²) in [5.41, 5.74) is 11.1. The number of aliphatic imine (C=N–C) groups is 2. The first-order chi connectivity index (χ1) is 16.8. The average molecular weight is 439 g/mol. The minimum absolute atomic E-state index is 0.0225. The zero-order valence-electron chi connectivity index (χ0n) is 18.6. The van der Waals surface area contributed by atoms with Crippen LogP contribution in [0.3, 0.4) is 0 Å². The lowest BCUT2D eigenvalue weighted by Gasteiger charge is -2.30. The molecule has 2 aliphatic heterocycles. The van der Waals surface area contributed by atoms with Crippen LogP contribution in [0.25, 0.3) is 22.6 Å². The molecule has 2 atom stereocenters. The van der Waals surface area contributed by atoms with Crippen LogP contribution in [-0.4, -0.2) is 34.0 Å². The van der Waals surface area contributed by atoms with E-state index in [1.807, 2.05) is 24.6 Å². The molecule has 0 bridgehead atoms. The molecule has 0 saturated carbocycles. The zero-order valence-corrected chi connectivity index (χ0v) is 18.6. The fourth-order valence-electron chi connectivity index (χ4n) is 5.23. The standard InChI is InChI=1S/C30H22N4/c1-4-23(25-14-12-21-10-8-19-6-2-16-31-27(19)29(21)33-25)18-24(5-1)26-15-13-22-11-9-20-7-3-17-32-28(20)30(22)34-26/h1-8,10,12-18,27,29H,9,11H2. The molecule has 4 heteroatoms. The molecule has 0 spiro atoms. The number of aryl methyl sites for hydroxylation is 2. The van der Waals surface area contributed by atoms with Crippen LogP contribution in [0, 0.1) is 0 Å². The van der Waals surface area contributed by atoms with E-state index >= 15 is 0 Å². The van der Waals surface area contributed by atoms with Crippen molar-refractivity contribution < 1.29 is 0 Å². The quantitative estimate of drug-likeness (QED) is 0.530. The van der Waals surface area contributed by atoms with Crippen LogP contribution in [0.4, 0.5) is 0 Å². The molecule has 4 heterocycles. The molecule has 162 valence electrons. The van der Waals surface area contributed by atoms with Gasteiger partial charge in [0.05, 0.1) is 22.8 Å². The fraction of sp³-hybridized carbons (Fsp3) is 0.133. The third-order valence-corrected chi connectivity index (χ3v) is 7.00. The molecule has 0 radical (unpaired) electrons. The van der Waals surface area contributed by atoms with Gasteiger partial charge in [0.25, 0.3) is 0 Å². The Hall–Kier alpha value is -4.18. The lowest BCUT2D eigenvalue weighted by atomic mass is 9.85. The molecule has 4 aliphatic rings. The monoisotopic (exact) mass is 438 g/mol. The number of benzene rings is 1. The highest BCUT2D eigenvalue weighted by atomic mass is 14.9. The van der Waals surface area contributed by atoms with Gasteiger partial charge in [-0.15, -0.1) is 0 Å². The lowest BCUT2D eigenvalue weighted by Crippen LogP contribution is -2.32. The summed E-state index contributed by atoms with van der Waals surface area (Å²) in [5, 5.41) is 0. The Labute approximate surface area is 198 Å². The van der Waals surface area contributed by atoms with Crippen molar-refractivity contribution >= 4 is 11.9 Å². The highest BCUT2D eigenvalue weighted by Crippen LogP contribution is 2.34. The molecule has 0 saturated heterocycles. The molecular weight excluding hydrogens is 416 g/mol. The first-order valence-electron chi connectivity index (χ1n) is 11.8. The fourth-order valence-corrected chi connectivity index (χ4v) is 5.23. The number of fused-ring (bicyclic) bond motifs is 6. The van der Waals surface area contributed by atoms with Crippen LogP contribution >= 0.6 is 0 Å². The van der Waals surface area contributed by atoms with E-state index in [-0.39, 0.29) is 12.1 Å². The maximum Gasteiger partial charge on any atom is 0.102 e. The van der Waals surface area contributed by atoms with Gasteiger partial charge in [-0.2, -0.15) is 0 Å². The van der Waals surface area contributed by atoms with Crippen molar-refractivity contribution in [3.05, 3.63) is 119 Å². The Morgan fingerprint density at radius 1 is 0.735 bits per heavy atom. The zero-order chi connectivity index (χ0) is 22.5. The van der Waals surface area contributed by atoms with Gasteiger partial charge >= 0.3 is 0 Å². The first-order valence-corrected chi connectivity index (χ1v) is 11.8. The van der Waals surface area contributed by atoms with Crippen molar-refractivity contribution in [1.29, 1.82) is 0 Å². The van der Waals surface area contributed by atoms with E-state index in [1.54, 1.807) is 0 Å². The second kappa shape index (κ2) is 7.70. The summed E-state index contributed by atoms with van der Waals surface area (Å²) >= 11 is 0. The van der Waals surface area contributed by atoms with E-state index in [4.69, 9.17) is 15.0 Å². The van der Waals surface area contributed by atoms with Crippen LogP contribution in [-0.2, 0) is 12.8 Å². The van der Waals surface area contributed by atoms with Gasteiger partial charge < -0.3 is 0 Å². The van der Waals surface area contributed by atoms with Gasteiger partial charge in [-0.3, -0.25) is 15.0 Å². The van der Waals surface area contributed by atoms with Crippen molar-refractivity contribution in [3.8, 4) is 22.6 Å². The van der Waals surface area contributed by atoms with Crippen molar-refractivity contribution in [3.63, 3.8) is 0 Å². The summed E-state index contributed by atoms with van der Waals surface area (Å²) in [4.78, 5) is 19.6. The number of dihydropyridines is 2. The molecule has 0 N–H and O–H groups in total. The number of pyridine rings is 2. The maximum absolute atomic E-state index is 5.14. The van der Waals surface area contributed by atoms with Crippen LogP contribution in [0.2, 0.25) is 0 Å². The Bertz CT molecular complexity index is 1520. The van der Waals surface area contributed by atoms with E-state index in [2.05, 4.69) is 77.8 Å². The van der Waals surface area contributed by atoms with Crippen molar-refractivity contribution in [2.45, 2.75) is 24.9 Å². The molecule has 0 amide bonds. The number of hydrogen-bond acceptors (Lipinski definition) is 4. The maximum atomic E-state index is 5.14. The minimum Gasteiger partial charge on any atom is -0.282 e. The summed E-state index contributed by atoms with van der Waals surface area (Å²) in [6.07, 6.45) is 18.5.